The molecule has 0 spiro atoms. The lowest BCUT2D eigenvalue weighted by atomic mass is 10.1. The first-order chi connectivity index (χ1) is 12.7. The molecular weight excluding hydrogens is 324 g/mol. The Kier molecular flexibility index (Phi) is 5.64. The lowest BCUT2D eigenvalue weighted by Crippen LogP contribution is -2.12. The summed E-state index contributed by atoms with van der Waals surface area (Å²) in [5.74, 6) is 0.585. The number of aromatic nitrogens is 1. The third-order valence-corrected chi connectivity index (χ3v) is 4.00. The van der Waals surface area contributed by atoms with E-state index in [0.29, 0.717) is 17.9 Å². The van der Waals surface area contributed by atoms with Crippen LogP contribution in [0.2, 0.25) is 0 Å². The molecule has 1 heterocycles. The fourth-order valence-corrected chi connectivity index (χ4v) is 2.65. The van der Waals surface area contributed by atoms with E-state index in [0.717, 1.165) is 35.2 Å². The first-order valence-electron chi connectivity index (χ1n) is 8.68. The maximum absolute atomic E-state index is 12.6. The summed E-state index contributed by atoms with van der Waals surface area (Å²) in [7, 11) is 0. The summed E-state index contributed by atoms with van der Waals surface area (Å²) < 4.78 is 5.70. The number of hydrogen-bond donors (Lipinski definition) is 1. The number of anilines is 1. The summed E-state index contributed by atoms with van der Waals surface area (Å²) in [6, 6.07) is 16.9. The van der Waals surface area contributed by atoms with E-state index in [1.165, 1.54) is 0 Å². The quantitative estimate of drug-likeness (QED) is 0.476. The first-order valence-corrected chi connectivity index (χ1v) is 8.68. The molecule has 132 valence electrons. The molecule has 1 amide bonds. The van der Waals surface area contributed by atoms with Crippen molar-refractivity contribution in [2.75, 3.05) is 11.9 Å². The molecule has 0 aliphatic carbocycles. The minimum Gasteiger partial charge on any atom is -0.494 e. The van der Waals surface area contributed by atoms with E-state index in [9.17, 15) is 4.79 Å². The second-order valence-corrected chi connectivity index (χ2v) is 6.12. The minimum atomic E-state index is -0.156. The zero-order chi connectivity index (χ0) is 18.4. The van der Waals surface area contributed by atoms with Crippen molar-refractivity contribution in [2.45, 2.75) is 19.8 Å². The van der Waals surface area contributed by atoms with Crippen molar-refractivity contribution >= 4 is 22.5 Å². The van der Waals surface area contributed by atoms with Gasteiger partial charge in [-0.25, -0.2) is 0 Å². The number of rotatable bonds is 7. The summed E-state index contributed by atoms with van der Waals surface area (Å²) in [5, 5.41) is 3.87. The summed E-state index contributed by atoms with van der Waals surface area (Å²) >= 11 is 0. The van der Waals surface area contributed by atoms with Crippen molar-refractivity contribution in [3.63, 3.8) is 0 Å². The van der Waals surface area contributed by atoms with Crippen molar-refractivity contribution in [3.8, 4) is 5.75 Å². The molecule has 3 rings (SSSR count). The predicted molar refractivity (Wildman–Crippen MR) is 106 cm³/mol. The lowest BCUT2D eigenvalue weighted by Gasteiger charge is -2.09. The normalized spacial score (nSPS) is 10.5. The van der Waals surface area contributed by atoms with Gasteiger partial charge in [0.1, 0.15) is 5.75 Å². The highest BCUT2D eigenvalue weighted by atomic mass is 16.5. The molecular formula is C22H22N2O2. The number of allylic oxidation sites excluding steroid dienone is 1. The lowest BCUT2D eigenvalue weighted by molar-refractivity contribution is 0.102. The highest BCUT2D eigenvalue weighted by Crippen LogP contribution is 2.20. The van der Waals surface area contributed by atoms with Gasteiger partial charge in [-0.15, -0.1) is 6.58 Å². The van der Waals surface area contributed by atoms with E-state index >= 15 is 0 Å². The van der Waals surface area contributed by atoms with Crippen molar-refractivity contribution < 1.29 is 9.53 Å². The monoisotopic (exact) mass is 346 g/mol. The zero-order valence-corrected chi connectivity index (χ0v) is 14.9. The molecule has 4 nitrogen and oxygen atoms in total. The Morgan fingerprint density at radius 3 is 2.92 bits per heavy atom. The van der Waals surface area contributed by atoms with Gasteiger partial charge in [-0.2, -0.15) is 0 Å². The molecule has 0 radical (unpaired) electrons. The molecule has 1 aromatic heterocycles. The SMILES string of the molecule is C=CCCCOc1cccc(NC(=O)c2ccc3nc(C)ccc3c2)c1. The van der Waals surface area contributed by atoms with E-state index in [2.05, 4.69) is 16.9 Å². The second-order valence-electron chi connectivity index (χ2n) is 6.12. The molecule has 0 fully saturated rings. The molecule has 0 saturated carbocycles. The largest absolute Gasteiger partial charge is 0.494 e. The Balaban J connectivity index is 1.69. The highest BCUT2D eigenvalue weighted by molar-refractivity contribution is 6.06. The molecule has 26 heavy (non-hydrogen) atoms. The van der Waals surface area contributed by atoms with Crippen LogP contribution < -0.4 is 10.1 Å². The van der Waals surface area contributed by atoms with Crippen molar-refractivity contribution in [1.82, 2.24) is 4.98 Å². The third kappa shape index (κ3) is 4.48. The minimum absolute atomic E-state index is 0.156. The molecule has 0 bridgehead atoms. The van der Waals surface area contributed by atoms with Gasteiger partial charge >= 0.3 is 0 Å². The van der Waals surface area contributed by atoms with E-state index in [1.807, 2.05) is 61.5 Å². The fraction of sp³-hybridized carbons (Fsp3) is 0.182. The van der Waals surface area contributed by atoms with Crippen LogP contribution in [0.3, 0.4) is 0 Å². The molecule has 0 aliphatic heterocycles. The number of pyridine rings is 1. The number of unbranched alkanes of at least 4 members (excludes halogenated alkanes) is 1. The smallest absolute Gasteiger partial charge is 0.255 e. The van der Waals surface area contributed by atoms with Crippen LogP contribution in [-0.2, 0) is 0 Å². The maximum atomic E-state index is 12.6. The second kappa shape index (κ2) is 8.30. The predicted octanol–water partition coefficient (Wildman–Crippen LogP) is 5.14. The van der Waals surface area contributed by atoms with Gasteiger partial charge in [-0.05, 0) is 56.2 Å². The molecule has 0 aliphatic rings. The van der Waals surface area contributed by atoms with Gasteiger partial charge in [0, 0.05) is 28.4 Å². The van der Waals surface area contributed by atoms with Gasteiger partial charge < -0.3 is 10.1 Å². The maximum Gasteiger partial charge on any atom is 0.255 e. The van der Waals surface area contributed by atoms with Crippen LogP contribution in [0.4, 0.5) is 5.69 Å². The van der Waals surface area contributed by atoms with Crippen molar-refractivity contribution in [3.05, 3.63) is 78.5 Å². The van der Waals surface area contributed by atoms with E-state index in [4.69, 9.17) is 4.74 Å². The average Bonchev–Trinajstić information content (AvgIpc) is 2.65. The van der Waals surface area contributed by atoms with Crippen LogP contribution in [0.1, 0.15) is 28.9 Å². The van der Waals surface area contributed by atoms with Crippen LogP contribution in [0, 0.1) is 6.92 Å². The van der Waals surface area contributed by atoms with Crippen LogP contribution in [-0.4, -0.2) is 17.5 Å². The summed E-state index contributed by atoms with van der Waals surface area (Å²) in [6.45, 7) is 6.27. The average molecular weight is 346 g/mol. The van der Waals surface area contributed by atoms with E-state index in [1.54, 1.807) is 6.07 Å². The van der Waals surface area contributed by atoms with Gasteiger partial charge in [0.15, 0.2) is 0 Å². The molecule has 0 atom stereocenters. The van der Waals surface area contributed by atoms with Gasteiger partial charge in [-0.3, -0.25) is 9.78 Å². The van der Waals surface area contributed by atoms with Gasteiger partial charge in [-0.1, -0.05) is 18.2 Å². The number of benzene rings is 2. The van der Waals surface area contributed by atoms with Gasteiger partial charge in [0.2, 0.25) is 0 Å². The number of aryl methyl sites for hydroxylation is 1. The standard InChI is InChI=1S/C22H22N2O2/c1-3-4-5-13-26-20-8-6-7-19(15-20)24-22(25)18-11-12-21-17(14-18)10-9-16(2)23-21/h3,6-12,14-15H,1,4-5,13H2,2H3,(H,24,25). The first kappa shape index (κ1) is 17.7. The number of nitrogens with one attached hydrogen (secondary N) is 1. The number of fused-ring (bicyclic) bond motifs is 1. The summed E-state index contributed by atoms with van der Waals surface area (Å²) in [4.78, 5) is 17.0. The topological polar surface area (TPSA) is 51.2 Å². The van der Waals surface area contributed by atoms with Crippen LogP contribution >= 0.6 is 0 Å². The fourth-order valence-electron chi connectivity index (χ4n) is 2.65. The third-order valence-electron chi connectivity index (χ3n) is 4.00. The Morgan fingerprint density at radius 2 is 2.08 bits per heavy atom. The van der Waals surface area contributed by atoms with E-state index < -0.39 is 0 Å². The molecule has 3 aromatic rings. The van der Waals surface area contributed by atoms with Crippen molar-refractivity contribution in [1.29, 1.82) is 0 Å². The highest BCUT2D eigenvalue weighted by Gasteiger charge is 2.08. The van der Waals surface area contributed by atoms with Crippen LogP contribution in [0.5, 0.6) is 5.75 Å². The molecule has 4 heteroatoms. The summed E-state index contributed by atoms with van der Waals surface area (Å²) in [5.41, 5.74) is 3.15. The molecule has 0 saturated heterocycles. The van der Waals surface area contributed by atoms with Crippen LogP contribution in [0.25, 0.3) is 10.9 Å². The number of carbonyl (C=O) groups is 1. The van der Waals surface area contributed by atoms with Crippen molar-refractivity contribution in [2.24, 2.45) is 0 Å². The molecule has 1 N–H and O–H groups in total. The number of hydrogen-bond acceptors (Lipinski definition) is 3. The van der Waals surface area contributed by atoms with Gasteiger partial charge in [0.05, 0.1) is 12.1 Å². The number of carbonyl (C=O) groups excluding carboxylic acids is 1. The number of amides is 1. The number of ether oxygens (including phenoxy) is 1. The molecule has 2 aromatic carbocycles. The number of nitrogens with zero attached hydrogens (tertiary/aromatic N) is 1. The zero-order valence-electron chi connectivity index (χ0n) is 14.9. The van der Waals surface area contributed by atoms with Crippen LogP contribution in [0.15, 0.2) is 67.3 Å². The summed E-state index contributed by atoms with van der Waals surface area (Å²) in [6.07, 6.45) is 3.72. The Morgan fingerprint density at radius 1 is 1.19 bits per heavy atom. The Bertz CT molecular complexity index is 934. The van der Waals surface area contributed by atoms with Gasteiger partial charge in [0.25, 0.3) is 5.91 Å². The Labute approximate surface area is 153 Å². The van der Waals surface area contributed by atoms with E-state index in [-0.39, 0.29) is 5.91 Å². The molecule has 0 unspecified atom stereocenters. The Hall–Kier alpha value is -3.14.